The molecule has 2 rings (SSSR count). The number of amides is 1. The Morgan fingerprint density at radius 2 is 1.92 bits per heavy atom. The fourth-order valence-electron chi connectivity index (χ4n) is 3.29. The van der Waals surface area contributed by atoms with E-state index in [1.807, 2.05) is 23.1 Å². The summed E-state index contributed by atoms with van der Waals surface area (Å²) in [6.45, 7) is 3.03. The van der Waals surface area contributed by atoms with Gasteiger partial charge in [-0.05, 0) is 12.5 Å². The van der Waals surface area contributed by atoms with Crippen LogP contribution in [0.5, 0.6) is 11.5 Å². The molecule has 0 bridgehead atoms. The first kappa shape index (κ1) is 20.0. The molecular weight excluding hydrogens is 334 g/mol. The van der Waals surface area contributed by atoms with Gasteiger partial charge in [0.05, 0.1) is 14.2 Å². The Morgan fingerprint density at radius 3 is 2.64 bits per heavy atom. The molecule has 5 heteroatoms. The third-order valence-corrected chi connectivity index (χ3v) is 5.90. The second-order valence-corrected chi connectivity index (χ2v) is 7.60. The lowest BCUT2D eigenvalue weighted by molar-refractivity contribution is -0.131. The third-order valence-electron chi connectivity index (χ3n) is 4.65. The van der Waals surface area contributed by atoms with E-state index in [1.165, 1.54) is 25.7 Å². The van der Waals surface area contributed by atoms with Crippen molar-refractivity contribution in [3.8, 4) is 11.5 Å². The van der Waals surface area contributed by atoms with Crippen LogP contribution in [0, 0.1) is 0 Å². The topological polar surface area (TPSA) is 38.8 Å². The summed E-state index contributed by atoms with van der Waals surface area (Å²) in [4.78, 5) is 14.7. The number of unbranched alkanes of at least 4 members (excludes halogenated alkanes) is 5. The highest BCUT2D eigenvalue weighted by Crippen LogP contribution is 2.45. The van der Waals surface area contributed by atoms with Crippen LogP contribution in [0.4, 0.5) is 0 Å². The Kier molecular flexibility index (Phi) is 8.45. The molecule has 1 heterocycles. The van der Waals surface area contributed by atoms with E-state index < -0.39 is 0 Å². The van der Waals surface area contributed by atoms with Gasteiger partial charge in [-0.1, -0.05) is 51.2 Å². The fourth-order valence-corrected chi connectivity index (χ4v) is 4.58. The molecule has 1 amide bonds. The van der Waals surface area contributed by atoms with Crippen molar-refractivity contribution in [1.29, 1.82) is 0 Å². The van der Waals surface area contributed by atoms with Crippen LogP contribution in [0.3, 0.4) is 0 Å². The van der Waals surface area contributed by atoms with E-state index in [0.717, 1.165) is 42.2 Å². The van der Waals surface area contributed by atoms with Crippen molar-refractivity contribution in [3.05, 3.63) is 23.8 Å². The SMILES string of the molecule is CCCCCCCCC(=O)N1CCSC1c1cccc(OC)c1OC. The van der Waals surface area contributed by atoms with Gasteiger partial charge in [0.1, 0.15) is 5.37 Å². The lowest BCUT2D eigenvalue weighted by Gasteiger charge is -2.26. The van der Waals surface area contributed by atoms with Gasteiger partial charge in [-0.25, -0.2) is 0 Å². The van der Waals surface area contributed by atoms with Gasteiger partial charge in [0.25, 0.3) is 0 Å². The van der Waals surface area contributed by atoms with Gasteiger partial charge in [0.15, 0.2) is 11.5 Å². The van der Waals surface area contributed by atoms with Crippen LogP contribution in [0.15, 0.2) is 18.2 Å². The molecule has 1 aliphatic heterocycles. The lowest BCUT2D eigenvalue weighted by atomic mass is 10.1. The summed E-state index contributed by atoms with van der Waals surface area (Å²) in [5.74, 6) is 2.68. The van der Waals surface area contributed by atoms with Crippen LogP contribution < -0.4 is 9.47 Å². The van der Waals surface area contributed by atoms with Crippen molar-refractivity contribution < 1.29 is 14.3 Å². The molecule has 1 aromatic carbocycles. The van der Waals surface area contributed by atoms with Crippen LogP contribution in [0.25, 0.3) is 0 Å². The number of hydrogen-bond acceptors (Lipinski definition) is 4. The van der Waals surface area contributed by atoms with Crippen LogP contribution in [-0.2, 0) is 4.79 Å². The number of carbonyl (C=O) groups excluding carboxylic acids is 1. The minimum atomic E-state index is 0.0256. The van der Waals surface area contributed by atoms with Crippen LogP contribution >= 0.6 is 11.8 Å². The molecule has 0 aliphatic carbocycles. The molecule has 1 saturated heterocycles. The Hall–Kier alpha value is -1.36. The molecule has 0 spiro atoms. The largest absolute Gasteiger partial charge is 0.493 e. The molecule has 0 aromatic heterocycles. The van der Waals surface area contributed by atoms with Crippen LogP contribution in [-0.4, -0.2) is 37.3 Å². The maximum Gasteiger partial charge on any atom is 0.223 e. The number of hydrogen-bond donors (Lipinski definition) is 0. The zero-order valence-electron chi connectivity index (χ0n) is 15.8. The lowest BCUT2D eigenvalue weighted by Crippen LogP contribution is -2.30. The van der Waals surface area contributed by atoms with E-state index in [2.05, 4.69) is 6.92 Å². The maximum atomic E-state index is 12.7. The first-order chi connectivity index (χ1) is 12.2. The molecule has 0 radical (unpaired) electrons. The predicted octanol–water partition coefficient (Wildman–Crippen LogP) is 5.03. The summed E-state index contributed by atoms with van der Waals surface area (Å²) >= 11 is 1.80. The maximum absolute atomic E-state index is 12.7. The van der Waals surface area contributed by atoms with Crippen molar-refractivity contribution in [2.24, 2.45) is 0 Å². The second-order valence-electron chi connectivity index (χ2n) is 6.41. The number of nitrogens with zero attached hydrogens (tertiary/aromatic N) is 1. The normalized spacial score (nSPS) is 16.9. The first-order valence-electron chi connectivity index (χ1n) is 9.34. The van der Waals surface area contributed by atoms with Gasteiger partial charge in [0.2, 0.25) is 5.91 Å². The average molecular weight is 366 g/mol. The predicted molar refractivity (Wildman–Crippen MR) is 104 cm³/mol. The molecule has 1 aliphatic rings. The van der Waals surface area contributed by atoms with Gasteiger partial charge in [-0.3, -0.25) is 4.79 Å². The van der Waals surface area contributed by atoms with Gasteiger partial charge in [-0.15, -0.1) is 11.8 Å². The summed E-state index contributed by atoms with van der Waals surface area (Å²) in [5.41, 5.74) is 1.03. The number of rotatable bonds is 10. The highest BCUT2D eigenvalue weighted by Gasteiger charge is 2.32. The molecular formula is C20H31NO3S. The van der Waals surface area contributed by atoms with Crippen LogP contribution in [0.2, 0.25) is 0 Å². The van der Waals surface area contributed by atoms with Gasteiger partial charge in [0, 0.05) is 24.3 Å². The van der Waals surface area contributed by atoms with Crippen LogP contribution in [0.1, 0.15) is 62.8 Å². The molecule has 4 nitrogen and oxygen atoms in total. The van der Waals surface area contributed by atoms with Crippen molar-refractivity contribution in [2.45, 2.75) is 57.2 Å². The number of methoxy groups -OCH3 is 2. The molecule has 1 unspecified atom stereocenters. The Bertz CT molecular complexity index is 550. The number of ether oxygens (including phenoxy) is 2. The fraction of sp³-hybridized carbons (Fsp3) is 0.650. The molecule has 0 saturated carbocycles. The van der Waals surface area contributed by atoms with E-state index in [4.69, 9.17) is 9.47 Å². The number of carbonyl (C=O) groups is 1. The highest BCUT2D eigenvalue weighted by atomic mass is 32.2. The molecule has 0 N–H and O–H groups in total. The number of thioether (sulfide) groups is 1. The van der Waals surface area contributed by atoms with Crippen molar-refractivity contribution >= 4 is 17.7 Å². The molecule has 1 aromatic rings. The summed E-state index contributed by atoms with van der Waals surface area (Å²) in [6, 6.07) is 5.89. The zero-order chi connectivity index (χ0) is 18.1. The zero-order valence-corrected chi connectivity index (χ0v) is 16.6. The highest BCUT2D eigenvalue weighted by molar-refractivity contribution is 7.99. The standard InChI is InChI=1S/C20H31NO3S/c1-4-5-6-7-8-9-13-18(22)21-14-15-25-20(21)16-11-10-12-17(23-2)19(16)24-3/h10-12,20H,4-9,13-15H2,1-3H3. The third kappa shape index (κ3) is 5.30. The summed E-state index contributed by atoms with van der Waals surface area (Å²) < 4.78 is 11.0. The summed E-state index contributed by atoms with van der Waals surface area (Å²) in [6.07, 6.45) is 7.88. The average Bonchev–Trinajstić information content (AvgIpc) is 3.13. The Morgan fingerprint density at radius 1 is 1.16 bits per heavy atom. The molecule has 25 heavy (non-hydrogen) atoms. The van der Waals surface area contributed by atoms with Gasteiger partial charge >= 0.3 is 0 Å². The number of para-hydroxylation sites is 1. The number of benzene rings is 1. The molecule has 1 fully saturated rings. The van der Waals surface area contributed by atoms with Crippen molar-refractivity contribution in [3.63, 3.8) is 0 Å². The summed E-state index contributed by atoms with van der Waals surface area (Å²) in [7, 11) is 3.30. The molecule has 1 atom stereocenters. The minimum absolute atomic E-state index is 0.0256. The monoisotopic (exact) mass is 365 g/mol. The van der Waals surface area contributed by atoms with E-state index in [-0.39, 0.29) is 11.3 Å². The van der Waals surface area contributed by atoms with E-state index in [1.54, 1.807) is 26.0 Å². The smallest absolute Gasteiger partial charge is 0.223 e. The van der Waals surface area contributed by atoms with Crippen molar-refractivity contribution in [1.82, 2.24) is 4.90 Å². The van der Waals surface area contributed by atoms with E-state index in [9.17, 15) is 4.79 Å². The molecule has 140 valence electrons. The quantitative estimate of drug-likeness (QED) is 0.545. The minimum Gasteiger partial charge on any atom is -0.493 e. The second kappa shape index (κ2) is 10.6. The van der Waals surface area contributed by atoms with E-state index >= 15 is 0 Å². The Labute approximate surface area is 156 Å². The van der Waals surface area contributed by atoms with Crippen molar-refractivity contribution in [2.75, 3.05) is 26.5 Å². The Balaban J connectivity index is 1.97. The first-order valence-corrected chi connectivity index (χ1v) is 10.4. The summed E-state index contributed by atoms with van der Waals surface area (Å²) in [5, 5.41) is 0.0256. The van der Waals surface area contributed by atoms with Gasteiger partial charge < -0.3 is 14.4 Å². The van der Waals surface area contributed by atoms with Gasteiger partial charge in [-0.2, -0.15) is 0 Å². The van der Waals surface area contributed by atoms with E-state index in [0.29, 0.717) is 6.42 Å².